The standard InChI is InChI=1S/C12H8Cl2N4S/c1-5-16-4-9(19-5)12-17-10-7(11(15)18-12)2-6(13)3-8(10)14/h2-4H,1H3,(H2,15,17,18). The molecule has 3 rings (SSSR count). The van der Waals surface area contributed by atoms with Crippen LogP contribution in [0.3, 0.4) is 0 Å². The molecule has 0 saturated heterocycles. The van der Waals surface area contributed by atoms with Gasteiger partial charge >= 0.3 is 0 Å². The highest BCUT2D eigenvalue weighted by atomic mass is 35.5. The Morgan fingerprint density at radius 3 is 2.68 bits per heavy atom. The van der Waals surface area contributed by atoms with Crippen LogP contribution in [0.25, 0.3) is 21.6 Å². The molecule has 0 unspecified atom stereocenters. The van der Waals surface area contributed by atoms with Crippen molar-refractivity contribution in [3.63, 3.8) is 0 Å². The van der Waals surface area contributed by atoms with Gasteiger partial charge in [-0.2, -0.15) is 0 Å². The molecule has 0 fully saturated rings. The normalized spacial score (nSPS) is 11.1. The van der Waals surface area contributed by atoms with E-state index >= 15 is 0 Å². The molecule has 0 aliphatic heterocycles. The van der Waals surface area contributed by atoms with Crippen LogP contribution < -0.4 is 5.73 Å². The predicted octanol–water partition coefficient (Wildman–Crippen LogP) is 3.95. The van der Waals surface area contributed by atoms with Crippen molar-refractivity contribution in [2.75, 3.05) is 5.73 Å². The molecule has 2 aromatic heterocycles. The van der Waals surface area contributed by atoms with Crippen LogP contribution in [0.15, 0.2) is 18.3 Å². The number of rotatable bonds is 1. The van der Waals surface area contributed by atoms with Crippen LogP contribution in [-0.4, -0.2) is 15.0 Å². The summed E-state index contributed by atoms with van der Waals surface area (Å²) in [4.78, 5) is 13.8. The van der Waals surface area contributed by atoms with Crippen LogP contribution >= 0.6 is 34.5 Å². The maximum absolute atomic E-state index is 6.16. The van der Waals surface area contributed by atoms with Crippen molar-refractivity contribution in [2.24, 2.45) is 0 Å². The molecule has 7 heteroatoms. The van der Waals surface area contributed by atoms with Crippen molar-refractivity contribution in [2.45, 2.75) is 6.92 Å². The average Bonchev–Trinajstić information content (AvgIpc) is 2.77. The van der Waals surface area contributed by atoms with Gasteiger partial charge in [-0.1, -0.05) is 23.2 Å². The molecule has 0 radical (unpaired) electrons. The Morgan fingerprint density at radius 2 is 2.00 bits per heavy atom. The summed E-state index contributed by atoms with van der Waals surface area (Å²) in [5.74, 6) is 0.885. The van der Waals surface area contributed by atoms with Crippen LogP contribution in [-0.2, 0) is 0 Å². The lowest BCUT2D eigenvalue weighted by atomic mass is 10.2. The topological polar surface area (TPSA) is 64.7 Å². The maximum Gasteiger partial charge on any atom is 0.173 e. The first-order valence-electron chi connectivity index (χ1n) is 5.39. The van der Waals surface area contributed by atoms with Gasteiger partial charge in [0.05, 0.1) is 20.4 Å². The number of aromatic nitrogens is 3. The van der Waals surface area contributed by atoms with Gasteiger partial charge in [-0.25, -0.2) is 15.0 Å². The SMILES string of the molecule is Cc1ncc(-c2nc(N)c3cc(Cl)cc(Cl)c3n2)s1. The highest BCUT2D eigenvalue weighted by Crippen LogP contribution is 2.32. The maximum atomic E-state index is 6.16. The number of nitrogens with two attached hydrogens (primary N) is 1. The van der Waals surface area contributed by atoms with Gasteiger partial charge in [0.1, 0.15) is 5.82 Å². The Kier molecular flexibility index (Phi) is 3.05. The lowest BCUT2D eigenvalue weighted by Crippen LogP contribution is -1.97. The zero-order chi connectivity index (χ0) is 13.6. The van der Waals surface area contributed by atoms with E-state index in [-0.39, 0.29) is 0 Å². The first-order chi connectivity index (χ1) is 9.04. The number of thiazole rings is 1. The summed E-state index contributed by atoms with van der Waals surface area (Å²) in [6.45, 7) is 1.92. The molecule has 0 aliphatic rings. The van der Waals surface area contributed by atoms with Gasteiger partial charge in [-0.3, -0.25) is 0 Å². The van der Waals surface area contributed by atoms with Crippen molar-refractivity contribution >= 4 is 51.3 Å². The number of nitrogens with zero attached hydrogens (tertiary/aromatic N) is 3. The van der Waals surface area contributed by atoms with Crippen molar-refractivity contribution in [1.29, 1.82) is 0 Å². The second-order valence-corrected chi connectivity index (χ2v) is 6.04. The minimum Gasteiger partial charge on any atom is -0.383 e. The number of hydrogen-bond donors (Lipinski definition) is 1. The second kappa shape index (κ2) is 4.59. The van der Waals surface area contributed by atoms with E-state index in [2.05, 4.69) is 15.0 Å². The van der Waals surface area contributed by atoms with Crippen molar-refractivity contribution in [3.05, 3.63) is 33.4 Å². The summed E-state index contributed by atoms with van der Waals surface area (Å²) < 4.78 is 0. The quantitative estimate of drug-likeness (QED) is 0.739. The van der Waals surface area contributed by atoms with Crippen LogP contribution in [0.2, 0.25) is 10.0 Å². The number of nitrogen functional groups attached to an aromatic ring is 1. The average molecular weight is 311 g/mol. The Hall–Kier alpha value is -1.43. The number of anilines is 1. The summed E-state index contributed by atoms with van der Waals surface area (Å²) >= 11 is 13.6. The van der Waals surface area contributed by atoms with Crippen molar-refractivity contribution in [1.82, 2.24) is 15.0 Å². The third-order valence-electron chi connectivity index (χ3n) is 2.59. The Balaban J connectivity index is 2.30. The fourth-order valence-electron chi connectivity index (χ4n) is 1.76. The van der Waals surface area contributed by atoms with E-state index in [0.717, 1.165) is 9.88 Å². The molecule has 0 atom stereocenters. The Bertz CT molecular complexity index is 785. The number of fused-ring (bicyclic) bond motifs is 1. The third kappa shape index (κ3) is 2.25. The van der Waals surface area contributed by atoms with Crippen LogP contribution in [0, 0.1) is 6.92 Å². The predicted molar refractivity (Wildman–Crippen MR) is 79.8 cm³/mol. The first kappa shape index (κ1) is 12.6. The van der Waals surface area contributed by atoms with Gasteiger partial charge in [-0.15, -0.1) is 11.3 Å². The van der Waals surface area contributed by atoms with Crippen LogP contribution in [0.1, 0.15) is 5.01 Å². The minimum absolute atomic E-state index is 0.357. The van der Waals surface area contributed by atoms with Gasteiger partial charge in [0.25, 0.3) is 0 Å². The summed E-state index contributed by atoms with van der Waals surface area (Å²) in [7, 11) is 0. The number of hydrogen-bond acceptors (Lipinski definition) is 5. The monoisotopic (exact) mass is 310 g/mol. The van der Waals surface area contributed by atoms with E-state index < -0.39 is 0 Å². The van der Waals surface area contributed by atoms with Crippen LogP contribution in [0.5, 0.6) is 0 Å². The zero-order valence-electron chi connectivity index (χ0n) is 9.82. The Morgan fingerprint density at radius 1 is 1.21 bits per heavy atom. The Labute approximate surface area is 123 Å². The van der Waals surface area contributed by atoms with Gasteiger partial charge in [0.15, 0.2) is 5.82 Å². The lowest BCUT2D eigenvalue weighted by Gasteiger charge is -2.06. The van der Waals surface area contributed by atoms with E-state index in [9.17, 15) is 0 Å². The van der Waals surface area contributed by atoms with E-state index in [1.54, 1.807) is 18.3 Å². The molecule has 0 spiro atoms. The zero-order valence-corrected chi connectivity index (χ0v) is 12.1. The van der Waals surface area contributed by atoms with Gasteiger partial charge in [0, 0.05) is 16.6 Å². The first-order valence-corrected chi connectivity index (χ1v) is 6.97. The molecular formula is C12H8Cl2N4S. The van der Waals surface area contributed by atoms with E-state index in [0.29, 0.717) is 32.6 Å². The number of benzene rings is 1. The molecule has 3 aromatic rings. The molecule has 2 N–H and O–H groups in total. The summed E-state index contributed by atoms with van der Waals surface area (Å²) in [5.41, 5.74) is 6.55. The highest BCUT2D eigenvalue weighted by molar-refractivity contribution is 7.14. The van der Waals surface area contributed by atoms with E-state index in [4.69, 9.17) is 28.9 Å². The molecule has 0 aliphatic carbocycles. The molecule has 0 amide bonds. The number of halogens is 2. The molecule has 4 nitrogen and oxygen atoms in total. The molecule has 19 heavy (non-hydrogen) atoms. The van der Waals surface area contributed by atoms with Crippen LogP contribution in [0.4, 0.5) is 5.82 Å². The summed E-state index contributed by atoms with van der Waals surface area (Å²) in [6, 6.07) is 3.35. The minimum atomic E-state index is 0.357. The van der Waals surface area contributed by atoms with Gasteiger partial charge < -0.3 is 5.73 Å². The summed E-state index contributed by atoms with van der Waals surface area (Å²) in [5, 5.41) is 2.57. The highest BCUT2D eigenvalue weighted by Gasteiger charge is 2.12. The third-order valence-corrected chi connectivity index (χ3v) is 4.00. The molecule has 2 heterocycles. The molecule has 96 valence electrons. The van der Waals surface area contributed by atoms with E-state index in [1.165, 1.54) is 11.3 Å². The largest absolute Gasteiger partial charge is 0.383 e. The fourth-order valence-corrected chi connectivity index (χ4v) is 3.00. The van der Waals surface area contributed by atoms with Crippen molar-refractivity contribution < 1.29 is 0 Å². The molecule has 0 bridgehead atoms. The lowest BCUT2D eigenvalue weighted by molar-refractivity contribution is 1.23. The number of aryl methyl sites for hydroxylation is 1. The van der Waals surface area contributed by atoms with Gasteiger partial charge in [0.2, 0.25) is 0 Å². The smallest absolute Gasteiger partial charge is 0.173 e. The molecule has 1 aromatic carbocycles. The molecule has 0 saturated carbocycles. The molecular weight excluding hydrogens is 303 g/mol. The fraction of sp³-hybridized carbons (Fsp3) is 0.0833. The van der Waals surface area contributed by atoms with Crippen molar-refractivity contribution in [3.8, 4) is 10.7 Å². The van der Waals surface area contributed by atoms with Gasteiger partial charge in [-0.05, 0) is 19.1 Å². The van der Waals surface area contributed by atoms with E-state index in [1.807, 2.05) is 6.92 Å². The summed E-state index contributed by atoms with van der Waals surface area (Å²) in [6.07, 6.45) is 1.73. The second-order valence-electron chi connectivity index (χ2n) is 3.96.